The van der Waals surface area contributed by atoms with E-state index in [0.29, 0.717) is 18.0 Å². The lowest BCUT2D eigenvalue weighted by atomic mass is 9.86. The van der Waals surface area contributed by atoms with Crippen LogP contribution in [0.2, 0.25) is 5.02 Å². The van der Waals surface area contributed by atoms with E-state index in [0.717, 1.165) is 16.8 Å². The zero-order valence-corrected chi connectivity index (χ0v) is 22.0. The van der Waals surface area contributed by atoms with Crippen LogP contribution in [0.25, 0.3) is 0 Å². The summed E-state index contributed by atoms with van der Waals surface area (Å²) in [6.07, 6.45) is 0.674. The van der Waals surface area contributed by atoms with E-state index in [9.17, 15) is 8.42 Å². The van der Waals surface area contributed by atoms with Crippen molar-refractivity contribution < 1.29 is 8.42 Å². The van der Waals surface area contributed by atoms with Gasteiger partial charge in [-0.1, -0.05) is 67.9 Å². The Kier molecular flexibility index (Phi) is 8.87. The fourth-order valence-corrected chi connectivity index (χ4v) is 4.95. The zero-order chi connectivity index (χ0) is 25.6. The van der Waals surface area contributed by atoms with Crippen molar-refractivity contribution in [1.82, 2.24) is 14.2 Å². The lowest BCUT2D eigenvalue weighted by molar-refractivity contribution is 0.397. The molecule has 35 heavy (non-hydrogen) atoms. The smallest absolute Gasteiger partial charge is 0.325 e. The van der Waals surface area contributed by atoms with E-state index >= 15 is 0 Å². The third-order valence-corrected chi connectivity index (χ3v) is 7.48. The predicted molar refractivity (Wildman–Crippen MR) is 143 cm³/mol. The first-order chi connectivity index (χ1) is 16.7. The van der Waals surface area contributed by atoms with Crippen molar-refractivity contribution in [1.29, 1.82) is 0 Å². The fourth-order valence-electron chi connectivity index (χ4n) is 3.71. The van der Waals surface area contributed by atoms with Crippen molar-refractivity contribution in [3.63, 3.8) is 0 Å². The number of aliphatic imine (C=N–C) groups is 1. The number of nitrogens with zero attached hydrogens (tertiary/aromatic N) is 6. The molecule has 0 aliphatic carbocycles. The monoisotopic (exact) mass is 517 g/mol. The number of hydrogen-bond acceptors (Lipinski definition) is 3. The lowest BCUT2D eigenvalue weighted by Gasteiger charge is -2.31. The highest BCUT2D eigenvalue weighted by atomic mass is 35.5. The van der Waals surface area contributed by atoms with Crippen molar-refractivity contribution in [2.45, 2.75) is 26.2 Å². The number of hydrogen-bond donors (Lipinski definition) is 1. The first-order valence-electron chi connectivity index (χ1n) is 11.4. The first-order valence-corrected chi connectivity index (χ1v) is 13.2. The highest BCUT2D eigenvalue weighted by Gasteiger charge is 2.30. The molecule has 3 rings (SSSR count). The minimum absolute atomic E-state index is 0.00411. The molecule has 0 saturated heterocycles. The van der Waals surface area contributed by atoms with Crippen molar-refractivity contribution in [2.24, 2.45) is 20.2 Å². The van der Waals surface area contributed by atoms with Gasteiger partial charge in [0.05, 0.1) is 5.71 Å². The summed E-state index contributed by atoms with van der Waals surface area (Å²) in [5, 5.41) is 6.99. The molecule has 1 atom stereocenters. The molecule has 0 amide bonds. The summed E-state index contributed by atoms with van der Waals surface area (Å²) in [5.41, 5.74) is 8.83. The second-order valence-electron chi connectivity index (χ2n) is 8.19. The molecule has 0 aromatic heterocycles. The quantitative estimate of drug-likeness (QED) is 0.467. The molecular formula is C24H32ClN7O2S. The third kappa shape index (κ3) is 6.59. The number of hydrazone groups is 1. The number of halogens is 1. The zero-order valence-electron chi connectivity index (χ0n) is 20.5. The van der Waals surface area contributed by atoms with E-state index in [-0.39, 0.29) is 30.9 Å². The van der Waals surface area contributed by atoms with Crippen LogP contribution >= 0.6 is 11.6 Å². The van der Waals surface area contributed by atoms with Crippen molar-refractivity contribution in [3.05, 3.63) is 70.7 Å². The second kappa shape index (κ2) is 11.7. The van der Waals surface area contributed by atoms with Crippen molar-refractivity contribution in [3.8, 4) is 0 Å². The molecule has 9 nitrogen and oxygen atoms in total. The van der Waals surface area contributed by atoms with Crippen LogP contribution in [0.15, 0.2) is 69.1 Å². The van der Waals surface area contributed by atoms with Gasteiger partial charge in [0, 0.05) is 44.7 Å². The summed E-state index contributed by atoms with van der Waals surface area (Å²) in [6.45, 7) is 4.51. The molecule has 1 unspecified atom stereocenters. The fraction of sp³-hybridized carbons (Fsp3) is 0.375. The van der Waals surface area contributed by atoms with Gasteiger partial charge in [-0.25, -0.2) is 5.01 Å². The Morgan fingerprint density at radius 3 is 2.31 bits per heavy atom. The topological polar surface area (TPSA) is 107 Å². The highest BCUT2D eigenvalue weighted by Crippen LogP contribution is 2.30. The van der Waals surface area contributed by atoms with Crippen LogP contribution in [0.1, 0.15) is 37.3 Å². The van der Waals surface area contributed by atoms with Gasteiger partial charge in [0.1, 0.15) is 0 Å². The van der Waals surface area contributed by atoms with Gasteiger partial charge >= 0.3 is 10.2 Å². The van der Waals surface area contributed by atoms with Gasteiger partial charge < -0.3 is 10.6 Å². The Labute approximate surface area is 212 Å². The van der Waals surface area contributed by atoms with Crippen LogP contribution in [0, 0.1) is 0 Å². The number of nitrogens with two attached hydrogens (primary N) is 1. The average molecular weight is 518 g/mol. The van der Waals surface area contributed by atoms with E-state index in [1.165, 1.54) is 9.31 Å². The second-order valence-corrected chi connectivity index (χ2v) is 10.2. The largest absolute Gasteiger partial charge is 0.369 e. The van der Waals surface area contributed by atoms with Crippen molar-refractivity contribution >= 4 is 39.4 Å². The molecular weight excluding hydrogens is 486 g/mol. The first kappa shape index (κ1) is 26.7. The number of rotatable bonds is 6. The number of benzene rings is 2. The molecule has 0 bridgehead atoms. The summed E-state index contributed by atoms with van der Waals surface area (Å²) in [5.74, 6) is 0.0393. The molecule has 0 saturated carbocycles. The molecule has 2 aromatic rings. The van der Waals surface area contributed by atoms with Crippen molar-refractivity contribution in [2.75, 3.05) is 33.7 Å². The normalized spacial score (nSPS) is 17.5. The maximum atomic E-state index is 13.0. The molecule has 11 heteroatoms. The van der Waals surface area contributed by atoms with E-state index < -0.39 is 10.2 Å². The third-order valence-electron chi connectivity index (χ3n) is 5.66. The maximum absolute atomic E-state index is 13.0. The molecule has 0 radical (unpaired) electrons. The summed E-state index contributed by atoms with van der Waals surface area (Å²) in [6, 6.07) is 17.5. The summed E-state index contributed by atoms with van der Waals surface area (Å²) in [7, 11) is -0.541. The molecule has 0 fully saturated rings. The SMILES string of the molecule is CCN(CC)S(=O)(=O)/N=C(\N=C(/N)N(C)C)N1CCC(c2ccccc2)C(c2ccc(Cl)cc2)=N1. The summed E-state index contributed by atoms with van der Waals surface area (Å²) in [4.78, 5) is 5.92. The van der Waals surface area contributed by atoms with Crippen LogP contribution in [-0.2, 0) is 10.2 Å². The highest BCUT2D eigenvalue weighted by molar-refractivity contribution is 7.87. The average Bonchev–Trinajstić information content (AvgIpc) is 2.84. The van der Waals surface area contributed by atoms with Gasteiger partial charge in [-0.2, -0.15) is 22.8 Å². The number of guanidine groups is 2. The molecule has 2 N–H and O–H groups in total. The predicted octanol–water partition coefficient (Wildman–Crippen LogP) is 3.35. The van der Waals surface area contributed by atoms with Crippen LogP contribution in [0.5, 0.6) is 0 Å². The molecule has 2 aromatic carbocycles. The Bertz CT molecular complexity index is 1190. The lowest BCUT2D eigenvalue weighted by Crippen LogP contribution is -2.39. The van der Waals surface area contributed by atoms with E-state index in [4.69, 9.17) is 22.4 Å². The Balaban J connectivity index is 2.15. The molecule has 188 valence electrons. The van der Waals surface area contributed by atoms with Gasteiger partial charge in [0.2, 0.25) is 0 Å². The van der Waals surface area contributed by atoms with Gasteiger partial charge in [0.25, 0.3) is 5.96 Å². The Morgan fingerprint density at radius 2 is 1.74 bits per heavy atom. The minimum Gasteiger partial charge on any atom is -0.369 e. The van der Waals surface area contributed by atoms with E-state index in [1.807, 2.05) is 42.5 Å². The molecule has 0 spiro atoms. The maximum Gasteiger partial charge on any atom is 0.325 e. The van der Waals surface area contributed by atoms with E-state index in [2.05, 4.69) is 21.5 Å². The molecule has 1 aliphatic rings. The van der Waals surface area contributed by atoms with Crippen LogP contribution < -0.4 is 5.73 Å². The van der Waals surface area contributed by atoms with Gasteiger partial charge in [-0.15, -0.1) is 4.40 Å². The summed E-state index contributed by atoms with van der Waals surface area (Å²) < 4.78 is 31.3. The van der Waals surface area contributed by atoms with E-state index in [1.54, 1.807) is 32.8 Å². The Morgan fingerprint density at radius 1 is 1.11 bits per heavy atom. The van der Waals surface area contributed by atoms with Crippen LogP contribution in [0.4, 0.5) is 0 Å². The van der Waals surface area contributed by atoms with Gasteiger partial charge in [-0.3, -0.25) is 0 Å². The standard InChI is InChI=1S/C24H32ClN7O2S/c1-5-31(6-2)35(33,34)29-24(27-23(26)30(3)4)32-17-16-21(18-10-8-7-9-11-18)22(28-32)19-12-14-20(25)15-13-19/h7-15,21H,5-6,16-17H2,1-4H3,(H2,26,27,29). The van der Waals surface area contributed by atoms with Gasteiger partial charge in [0.15, 0.2) is 5.96 Å². The Hall–Kier alpha value is -2.95. The molecule has 1 heterocycles. The minimum atomic E-state index is -3.98. The summed E-state index contributed by atoms with van der Waals surface area (Å²) >= 11 is 6.12. The van der Waals surface area contributed by atoms with Crippen LogP contribution in [-0.4, -0.2) is 74.0 Å². The van der Waals surface area contributed by atoms with Crippen LogP contribution in [0.3, 0.4) is 0 Å². The molecule has 1 aliphatic heterocycles. The van der Waals surface area contributed by atoms with Gasteiger partial charge in [-0.05, 0) is 29.7 Å².